The molecule has 1 heterocycles. The average molecular weight is 230 g/mol. The van der Waals surface area contributed by atoms with Crippen LogP contribution in [0.15, 0.2) is 35.9 Å². The van der Waals surface area contributed by atoms with Gasteiger partial charge in [-0.1, -0.05) is 18.2 Å². The van der Waals surface area contributed by atoms with E-state index in [1.54, 1.807) is 17.2 Å². The number of nitriles is 1. The van der Waals surface area contributed by atoms with Crippen molar-refractivity contribution in [3.8, 4) is 6.07 Å². The summed E-state index contributed by atoms with van der Waals surface area (Å²) in [6, 6.07) is 9.48. The summed E-state index contributed by atoms with van der Waals surface area (Å²) in [5.41, 5.74) is 1.51. The summed E-state index contributed by atoms with van der Waals surface area (Å²) in [7, 11) is 0. The van der Waals surface area contributed by atoms with Crippen molar-refractivity contribution >= 4 is 17.7 Å². The van der Waals surface area contributed by atoms with Gasteiger partial charge in [0.05, 0.1) is 23.9 Å². The molecule has 0 spiro atoms. The molecule has 0 saturated carbocycles. The Morgan fingerprint density at radius 2 is 2.25 bits per heavy atom. The molecule has 0 bridgehead atoms. The molecule has 1 aliphatic rings. The third-order valence-electron chi connectivity index (χ3n) is 2.34. The Labute approximate surface area is 98.4 Å². The van der Waals surface area contributed by atoms with Gasteiger partial charge in [-0.25, -0.2) is 0 Å². The summed E-state index contributed by atoms with van der Waals surface area (Å²) in [6.07, 6.45) is 1.77. The molecule has 1 amide bonds. The van der Waals surface area contributed by atoms with Crippen molar-refractivity contribution in [1.29, 1.82) is 5.26 Å². The summed E-state index contributed by atoms with van der Waals surface area (Å²) in [6.45, 7) is 0.472. The zero-order valence-corrected chi connectivity index (χ0v) is 9.41. The highest BCUT2D eigenvalue weighted by molar-refractivity contribution is 8.02. The van der Waals surface area contributed by atoms with Crippen LogP contribution in [-0.2, 0) is 11.3 Å². The molecule has 0 saturated heterocycles. The van der Waals surface area contributed by atoms with Crippen molar-refractivity contribution in [3.05, 3.63) is 47.0 Å². The molecule has 0 atom stereocenters. The predicted molar refractivity (Wildman–Crippen MR) is 63.3 cm³/mol. The fourth-order valence-electron chi connectivity index (χ4n) is 1.49. The van der Waals surface area contributed by atoms with Gasteiger partial charge in [-0.05, 0) is 17.0 Å². The Morgan fingerprint density at radius 3 is 3.00 bits per heavy atom. The zero-order chi connectivity index (χ0) is 11.4. The van der Waals surface area contributed by atoms with E-state index in [1.165, 1.54) is 11.8 Å². The van der Waals surface area contributed by atoms with E-state index in [4.69, 9.17) is 5.26 Å². The second kappa shape index (κ2) is 4.86. The lowest BCUT2D eigenvalue weighted by Crippen LogP contribution is -2.28. The molecule has 4 heteroatoms. The second-order valence-electron chi connectivity index (χ2n) is 3.39. The number of nitrogens with zero attached hydrogens (tertiary/aromatic N) is 2. The fourth-order valence-corrected chi connectivity index (χ4v) is 2.13. The van der Waals surface area contributed by atoms with Gasteiger partial charge >= 0.3 is 0 Å². The largest absolute Gasteiger partial charge is 0.313 e. The Morgan fingerprint density at radius 1 is 1.44 bits per heavy atom. The Kier molecular flexibility index (Phi) is 3.28. The van der Waals surface area contributed by atoms with Gasteiger partial charge in [-0.2, -0.15) is 5.26 Å². The van der Waals surface area contributed by atoms with E-state index >= 15 is 0 Å². The van der Waals surface area contributed by atoms with Gasteiger partial charge in [0.1, 0.15) is 0 Å². The van der Waals surface area contributed by atoms with Crippen LogP contribution in [0.3, 0.4) is 0 Å². The lowest BCUT2D eigenvalue weighted by Gasteiger charge is -2.21. The van der Waals surface area contributed by atoms with Gasteiger partial charge in [-0.15, -0.1) is 11.8 Å². The summed E-state index contributed by atoms with van der Waals surface area (Å²) < 4.78 is 0. The molecule has 0 aliphatic carbocycles. The maximum absolute atomic E-state index is 11.6. The average Bonchev–Trinajstić information content (AvgIpc) is 2.33. The van der Waals surface area contributed by atoms with Crippen LogP contribution in [-0.4, -0.2) is 16.6 Å². The highest BCUT2D eigenvalue weighted by atomic mass is 32.2. The number of rotatable bonds is 2. The van der Waals surface area contributed by atoms with Crippen LogP contribution in [0.25, 0.3) is 0 Å². The lowest BCUT2D eigenvalue weighted by atomic mass is 10.1. The van der Waals surface area contributed by atoms with E-state index in [0.29, 0.717) is 17.9 Å². The summed E-state index contributed by atoms with van der Waals surface area (Å²) in [4.78, 5) is 13.2. The van der Waals surface area contributed by atoms with E-state index in [2.05, 4.69) is 6.07 Å². The minimum Gasteiger partial charge on any atom is -0.313 e. The Balaban J connectivity index is 2.20. The standard InChI is InChI=1S/C12H10N2OS/c13-7-10-3-1-2-4-11(10)8-14-5-6-16-9-12(14)15/h1-6H,8-9H2. The number of carbonyl (C=O) groups is 1. The lowest BCUT2D eigenvalue weighted by molar-refractivity contribution is -0.126. The minimum atomic E-state index is 0.0836. The predicted octanol–water partition coefficient (Wildman–Crippen LogP) is 2.10. The molecule has 0 radical (unpaired) electrons. The molecule has 0 N–H and O–H groups in total. The number of amides is 1. The van der Waals surface area contributed by atoms with E-state index in [-0.39, 0.29) is 5.91 Å². The molecular formula is C12H10N2OS. The van der Waals surface area contributed by atoms with Crippen molar-refractivity contribution in [2.24, 2.45) is 0 Å². The van der Waals surface area contributed by atoms with Gasteiger partial charge in [-0.3, -0.25) is 4.79 Å². The minimum absolute atomic E-state index is 0.0836. The summed E-state index contributed by atoms with van der Waals surface area (Å²) in [5.74, 6) is 0.561. The monoisotopic (exact) mass is 230 g/mol. The van der Waals surface area contributed by atoms with Crippen molar-refractivity contribution < 1.29 is 4.79 Å². The summed E-state index contributed by atoms with van der Waals surface area (Å²) in [5, 5.41) is 10.8. The molecule has 3 nitrogen and oxygen atoms in total. The van der Waals surface area contributed by atoms with Crippen LogP contribution < -0.4 is 0 Å². The molecule has 2 rings (SSSR count). The molecule has 1 aromatic carbocycles. The highest BCUT2D eigenvalue weighted by Gasteiger charge is 2.15. The molecule has 1 aromatic rings. The Bertz CT molecular complexity index is 476. The van der Waals surface area contributed by atoms with E-state index in [9.17, 15) is 4.79 Å². The number of carbonyl (C=O) groups excluding carboxylic acids is 1. The maximum atomic E-state index is 11.6. The van der Waals surface area contributed by atoms with Crippen molar-refractivity contribution in [2.75, 3.05) is 5.75 Å². The van der Waals surface area contributed by atoms with Gasteiger partial charge in [0.25, 0.3) is 0 Å². The van der Waals surface area contributed by atoms with Gasteiger partial charge < -0.3 is 4.90 Å². The van der Waals surface area contributed by atoms with Crippen LogP contribution in [0.4, 0.5) is 0 Å². The van der Waals surface area contributed by atoms with E-state index in [0.717, 1.165) is 5.56 Å². The van der Waals surface area contributed by atoms with Gasteiger partial charge in [0.2, 0.25) is 5.91 Å². The van der Waals surface area contributed by atoms with Crippen molar-refractivity contribution in [1.82, 2.24) is 4.90 Å². The number of hydrogen-bond donors (Lipinski definition) is 0. The maximum Gasteiger partial charge on any atom is 0.237 e. The first-order chi connectivity index (χ1) is 7.81. The number of hydrogen-bond acceptors (Lipinski definition) is 3. The second-order valence-corrected chi connectivity index (χ2v) is 4.28. The highest BCUT2D eigenvalue weighted by Crippen LogP contribution is 2.17. The topological polar surface area (TPSA) is 44.1 Å². The van der Waals surface area contributed by atoms with Crippen LogP contribution in [0.2, 0.25) is 0 Å². The smallest absolute Gasteiger partial charge is 0.237 e. The first kappa shape index (κ1) is 10.8. The third-order valence-corrected chi connectivity index (χ3v) is 3.07. The van der Waals surface area contributed by atoms with E-state index in [1.807, 2.05) is 23.6 Å². The molecule has 80 valence electrons. The molecule has 0 unspecified atom stereocenters. The molecule has 0 fully saturated rings. The van der Waals surface area contributed by atoms with Crippen molar-refractivity contribution in [3.63, 3.8) is 0 Å². The van der Waals surface area contributed by atoms with Crippen LogP contribution in [0, 0.1) is 11.3 Å². The van der Waals surface area contributed by atoms with Crippen LogP contribution in [0.5, 0.6) is 0 Å². The van der Waals surface area contributed by atoms with Gasteiger partial charge in [0, 0.05) is 6.20 Å². The first-order valence-corrected chi connectivity index (χ1v) is 5.92. The molecule has 0 aromatic heterocycles. The van der Waals surface area contributed by atoms with Crippen LogP contribution >= 0.6 is 11.8 Å². The zero-order valence-electron chi connectivity index (χ0n) is 8.59. The molecule has 16 heavy (non-hydrogen) atoms. The fraction of sp³-hybridized carbons (Fsp3) is 0.167. The van der Waals surface area contributed by atoms with Gasteiger partial charge in [0.15, 0.2) is 0 Å². The third kappa shape index (κ3) is 2.26. The number of thioether (sulfide) groups is 1. The first-order valence-electron chi connectivity index (χ1n) is 4.87. The normalized spacial score (nSPS) is 14.9. The molecular weight excluding hydrogens is 220 g/mol. The van der Waals surface area contributed by atoms with Crippen LogP contribution in [0.1, 0.15) is 11.1 Å². The quantitative estimate of drug-likeness (QED) is 0.781. The Hall–Kier alpha value is -1.73. The van der Waals surface area contributed by atoms with Crippen molar-refractivity contribution in [2.45, 2.75) is 6.54 Å². The molecule has 1 aliphatic heterocycles. The number of benzene rings is 1. The SMILES string of the molecule is N#Cc1ccccc1CN1C=CSCC1=O. The van der Waals surface area contributed by atoms with E-state index < -0.39 is 0 Å². The summed E-state index contributed by atoms with van der Waals surface area (Å²) >= 11 is 1.49.